The number of hydrogen-bond acceptors (Lipinski definition) is 5. The summed E-state index contributed by atoms with van der Waals surface area (Å²) in [5.41, 5.74) is 5.11. The van der Waals surface area contributed by atoms with E-state index >= 15 is 0 Å². The zero-order valence-electron chi connectivity index (χ0n) is 16.9. The molecule has 0 aromatic heterocycles. The van der Waals surface area contributed by atoms with Crippen molar-refractivity contribution in [2.75, 3.05) is 5.75 Å². The minimum atomic E-state index is -0.269. The Morgan fingerprint density at radius 1 is 0.968 bits per heavy atom. The maximum absolute atomic E-state index is 14.0. The topological polar surface area (TPSA) is 65.5 Å². The van der Waals surface area contributed by atoms with E-state index in [4.69, 9.17) is 0 Å². The zero-order valence-corrected chi connectivity index (χ0v) is 17.7. The standard InChI is InChI=1S/C23H24F2N4OS/c24-15-6-1-4-13(10-15)20-17-8-3-9-18(21(27-20)14-5-2-7-16(25)11-14)22(17)28-29-23-26-19(30)12-31-23/h1-2,4-7,10-11,17-18,20-22,27-28H,3,8-9,12H2,(H,26,29,30). The van der Waals surface area contributed by atoms with E-state index in [1.165, 1.54) is 23.9 Å². The zero-order chi connectivity index (χ0) is 21.4. The van der Waals surface area contributed by atoms with E-state index in [0.717, 1.165) is 30.4 Å². The molecule has 1 aliphatic carbocycles. The van der Waals surface area contributed by atoms with Crippen molar-refractivity contribution in [3.8, 4) is 0 Å². The fourth-order valence-electron chi connectivity index (χ4n) is 5.25. The first-order chi connectivity index (χ1) is 15.1. The van der Waals surface area contributed by atoms with Gasteiger partial charge in [0.1, 0.15) is 11.6 Å². The number of carbonyl (C=O) groups is 1. The summed E-state index contributed by atoms with van der Waals surface area (Å²) in [4.78, 5) is 11.5. The van der Waals surface area contributed by atoms with Crippen LogP contribution in [0.3, 0.4) is 0 Å². The van der Waals surface area contributed by atoms with Crippen LogP contribution >= 0.6 is 11.8 Å². The molecule has 31 heavy (non-hydrogen) atoms. The van der Waals surface area contributed by atoms with Crippen molar-refractivity contribution in [3.05, 3.63) is 71.3 Å². The summed E-state index contributed by atoms with van der Waals surface area (Å²) in [7, 11) is 0. The first kappa shape index (κ1) is 20.5. The number of nitrogens with one attached hydrogen (secondary N) is 3. The van der Waals surface area contributed by atoms with Gasteiger partial charge in [0.15, 0.2) is 5.17 Å². The van der Waals surface area contributed by atoms with Gasteiger partial charge in [-0.1, -0.05) is 42.4 Å². The highest BCUT2D eigenvalue weighted by Gasteiger charge is 2.47. The van der Waals surface area contributed by atoms with Crippen LogP contribution in [0.2, 0.25) is 0 Å². The fourth-order valence-corrected chi connectivity index (χ4v) is 5.89. The van der Waals surface area contributed by atoms with Crippen molar-refractivity contribution in [3.63, 3.8) is 0 Å². The summed E-state index contributed by atoms with van der Waals surface area (Å²) in [6.07, 6.45) is 3.00. The van der Waals surface area contributed by atoms with Crippen LogP contribution in [0.5, 0.6) is 0 Å². The molecule has 2 saturated heterocycles. The number of fused-ring (bicyclic) bond motifs is 2. The number of nitrogens with zero attached hydrogens (tertiary/aromatic N) is 1. The summed E-state index contributed by atoms with van der Waals surface area (Å²) in [6, 6.07) is 13.2. The first-order valence-electron chi connectivity index (χ1n) is 10.6. The lowest BCUT2D eigenvalue weighted by atomic mass is 9.65. The van der Waals surface area contributed by atoms with Gasteiger partial charge in [0.2, 0.25) is 5.91 Å². The predicted octanol–water partition coefficient (Wildman–Crippen LogP) is 3.86. The molecule has 0 spiro atoms. The van der Waals surface area contributed by atoms with E-state index in [9.17, 15) is 13.6 Å². The van der Waals surface area contributed by atoms with E-state index in [-0.39, 0.29) is 47.5 Å². The molecule has 5 rings (SSSR count). The van der Waals surface area contributed by atoms with Gasteiger partial charge in [-0.05, 0) is 48.2 Å². The van der Waals surface area contributed by atoms with Crippen LogP contribution in [-0.4, -0.2) is 22.9 Å². The lowest BCUT2D eigenvalue weighted by molar-refractivity contribution is -0.116. The average molecular weight is 443 g/mol. The number of benzene rings is 2. The van der Waals surface area contributed by atoms with Crippen LogP contribution < -0.4 is 16.1 Å². The maximum Gasteiger partial charge on any atom is 0.236 e. The lowest BCUT2D eigenvalue weighted by Crippen LogP contribution is -2.57. The number of halogens is 2. The minimum Gasteiger partial charge on any atom is -0.304 e. The molecule has 2 aliphatic heterocycles. The second-order valence-corrected chi connectivity index (χ2v) is 9.36. The van der Waals surface area contributed by atoms with Crippen LogP contribution in [0.1, 0.15) is 42.5 Å². The Labute approximate surface area is 184 Å². The van der Waals surface area contributed by atoms with Crippen molar-refractivity contribution in [1.82, 2.24) is 16.1 Å². The van der Waals surface area contributed by atoms with Gasteiger partial charge in [-0.15, -0.1) is 0 Å². The molecule has 1 amide bonds. The summed E-state index contributed by atoms with van der Waals surface area (Å²) in [5.74, 6) is 0.168. The molecule has 2 aromatic carbocycles. The maximum atomic E-state index is 14.0. The molecule has 3 aliphatic rings. The monoisotopic (exact) mass is 442 g/mol. The highest BCUT2D eigenvalue weighted by atomic mass is 32.2. The van der Waals surface area contributed by atoms with Crippen molar-refractivity contribution in [2.45, 2.75) is 37.4 Å². The molecule has 3 fully saturated rings. The molecule has 2 bridgehead atoms. The number of carbonyl (C=O) groups excluding carboxylic acids is 1. The molecule has 0 radical (unpaired) electrons. The molecule has 2 aromatic rings. The van der Waals surface area contributed by atoms with E-state index in [1.807, 2.05) is 12.1 Å². The molecular weight excluding hydrogens is 418 g/mol. The minimum absolute atomic E-state index is 0.0159. The van der Waals surface area contributed by atoms with Gasteiger partial charge in [-0.2, -0.15) is 5.10 Å². The van der Waals surface area contributed by atoms with E-state index in [1.54, 1.807) is 24.3 Å². The number of piperidine rings is 1. The largest absolute Gasteiger partial charge is 0.304 e. The fraction of sp³-hybridized carbons (Fsp3) is 0.391. The first-order valence-corrected chi connectivity index (χ1v) is 11.6. The Morgan fingerprint density at radius 3 is 2.10 bits per heavy atom. The predicted molar refractivity (Wildman–Crippen MR) is 117 cm³/mol. The Hall–Kier alpha value is -2.45. The molecule has 5 nitrogen and oxygen atoms in total. The second kappa shape index (κ2) is 8.59. The van der Waals surface area contributed by atoms with Gasteiger partial charge in [0.25, 0.3) is 0 Å². The molecule has 1 saturated carbocycles. The third-order valence-electron chi connectivity index (χ3n) is 6.53. The Balaban J connectivity index is 1.51. The number of hydrazone groups is 1. The number of hydrogen-bond donors (Lipinski definition) is 3. The lowest BCUT2D eigenvalue weighted by Gasteiger charge is -2.51. The molecular formula is C23H24F2N4OS. The normalized spacial score (nSPS) is 31.5. The number of amides is 1. The van der Waals surface area contributed by atoms with Crippen LogP contribution in [0, 0.1) is 23.5 Å². The van der Waals surface area contributed by atoms with Crippen molar-refractivity contribution >= 4 is 22.8 Å². The summed E-state index contributed by atoms with van der Waals surface area (Å²) in [6.45, 7) is 0. The van der Waals surface area contributed by atoms with Gasteiger partial charge in [-0.3, -0.25) is 4.79 Å². The van der Waals surface area contributed by atoms with Gasteiger partial charge >= 0.3 is 0 Å². The Bertz CT molecular complexity index is 957. The van der Waals surface area contributed by atoms with Crippen LogP contribution in [0.15, 0.2) is 53.6 Å². The van der Waals surface area contributed by atoms with Gasteiger partial charge in [-0.25, -0.2) is 8.78 Å². The SMILES string of the molecule is O=C1CS/C(=N\NC2C3CCCC2C(c2cccc(F)c2)NC3c2cccc(F)c2)N1. The van der Waals surface area contributed by atoms with Crippen molar-refractivity contribution < 1.29 is 13.6 Å². The second-order valence-electron chi connectivity index (χ2n) is 8.40. The van der Waals surface area contributed by atoms with Crippen LogP contribution in [0.25, 0.3) is 0 Å². The number of thioether (sulfide) groups is 1. The van der Waals surface area contributed by atoms with Crippen molar-refractivity contribution in [1.29, 1.82) is 0 Å². The van der Waals surface area contributed by atoms with E-state index in [2.05, 4.69) is 21.2 Å². The quantitative estimate of drug-likeness (QED) is 0.630. The van der Waals surface area contributed by atoms with E-state index in [0.29, 0.717) is 10.9 Å². The summed E-state index contributed by atoms with van der Waals surface area (Å²) < 4.78 is 28.1. The number of amidine groups is 1. The van der Waals surface area contributed by atoms with Crippen LogP contribution in [0.4, 0.5) is 8.78 Å². The molecule has 4 unspecified atom stereocenters. The Morgan fingerprint density at radius 2 is 1.58 bits per heavy atom. The van der Waals surface area contributed by atoms with Gasteiger partial charge < -0.3 is 16.1 Å². The highest BCUT2D eigenvalue weighted by Crippen LogP contribution is 2.48. The molecule has 2 heterocycles. The number of rotatable bonds is 4. The Kier molecular flexibility index (Phi) is 5.67. The average Bonchev–Trinajstić information content (AvgIpc) is 3.17. The van der Waals surface area contributed by atoms with Crippen LogP contribution in [-0.2, 0) is 4.79 Å². The van der Waals surface area contributed by atoms with Gasteiger partial charge in [0.05, 0.1) is 11.8 Å². The van der Waals surface area contributed by atoms with Gasteiger partial charge in [0, 0.05) is 23.9 Å². The molecule has 3 N–H and O–H groups in total. The molecule has 4 atom stereocenters. The highest BCUT2D eigenvalue weighted by molar-refractivity contribution is 8.15. The summed E-state index contributed by atoms with van der Waals surface area (Å²) in [5, 5.41) is 11.5. The molecule has 162 valence electrons. The molecule has 8 heteroatoms. The summed E-state index contributed by atoms with van der Waals surface area (Å²) >= 11 is 1.38. The van der Waals surface area contributed by atoms with Crippen molar-refractivity contribution in [2.24, 2.45) is 16.9 Å². The van der Waals surface area contributed by atoms with E-state index < -0.39 is 0 Å². The third kappa shape index (κ3) is 4.19. The third-order valence-corrected chi connectivity index (χ3v) is 7.40. The smallest absolute Gasteiger partial charge is 0.236 e.